The first-order valence-corrected chi connectivity index (χ1v) is 10.8. The van der Waals surface area contributed by atoms with Gasteiger partial charge in [-0.15, -0.1) is 0 Å². The van der Waals surface area contributed by atoms with Crippen molar-refractivity contribution in [1.82, 2.24) is 29.0 Å². The number of fused-ring (bicyclic) bond motifs is 6. The molecule has 2 aliphatic heterocycles. The van der Waals surface area contributed by atoms with Gasteiger partial charge >= 0.3 is 0 Å². The van der Waals surface area contributed by atoms with Gasteiger partial charge in [0.15, 0.2) is 5.65 Å². The van der Waals surface area contributed by atoms with E-state index in [-0.39, 0.29) is 0 Å². The lowest BCUT2D eigenvalue weighted by molar-refractivity contribution is 0.161. The Morgan fingerprint density at radius 1 is 1.07 bits per heavy atom. The minimum Gasteiger partial charge on any atom is -0.334 e. The lowest BCUT2D eigenvalue weighted by Crippen LogP contribution is -2.38. The van der Waals surface area contributed by atoms with E-state index in [0.29, 0.717) is 12.1 Å². The molecule has 5 heterocycles. The molecule has 2 atom stereocenters. The third-order valence-electron chi connectivity index (χ3n) is 7.02. The third-order valence-corrected chi connectivity index (χ3v) is 7.02. The van der Waals surface area contributed by atoms with Gasteiger partial charge in [-0.2, -0.15) is 5.10 Å². The van der Waals surface area contributed by atoms with Gasteiger partial charge < -0.3 is 4.57 Å². The molecule has 1 aromatic carbocycles. The smallest absolute Gasteiger partial charge is 0.155 e. The zero-order valence-corrected chi connectivity index (χ0v) is 17.7. The topological polar surface area (TPSA) is 51.2 Å². The summed E-state index contributed by atoms with van der Waals surface area (Å²) in [4.78, 5) is 11.9. The summed E-state index contributed by atoms with van der Waals surface area (Å²) >= 11 is 0. The number of benzene rings is 1. The largest absolute Gasteiger partial charge is 0.334 e. The van der Waals surface area contributed by atoms with Crippen LogP contribution in [0.1, 0.15) is 47.2 Å². The fourth-order valence-electron chi connectivity index (χ4n) is 5.26. The van der Waals surface area contributed by atoms with E-state index in [1.165, 1.54) is 35.4 Å². The van der Waals surface area contributed by atoms with Crippen LogP contribution in [0.2, 0.25) is 0 Å². The zero-order valence-electron chi connectivity index (χ0n) is 17.7. The van der Waals surface area contributed by atoms with Gasteiger partial charge in [0.25, 0.3) is 0 Å². The van der Waals surface area contributed by atoms with Crippen molar-refractivity contribution < 1.29 is 0 Å². The molecule has 0 unspecified atom stereocenters. The Kier molecular flexibility index (Phi) is 3.87. The molecule has 0 N–H and O–H groups in total. The number of aromatic nitrogens is 5. The molecule has 4 aromatic rings. The molecule has 6 rings (SSSR count). The number of hydrogen-bond acceptors (Lipinski definition) is 4. The molecule has 0 amide bonds. The van der Waals surface area contributed by atoms with E-state index >= 15 is 0 Å². The number of aryl methyl sites for hydroxylation is 2. The van der Waals surface area contributed by atoms with Crippen molar-refractivity contribution in [2.75, 3.05) is 0 Å². The van der Waals surface area contributed by atoms with Crippen LogP contribution in [0.3, 0.4) is 0 Å². The highest BCUT2D eigenvalue weighted by molar-refractivity contribution is 5.65. The van der Waals surface area contributed by atoms with Gasteiger partial charge in [0.05, 0.1) is 17.1 Å². The van der Waals surface area contributed by atoms with E-state index < -0.39 is 0 Å². The van der Waals surface area contributed by atoms with Gasteiger partial charge in [0.2, 0.25) is 0 Å². The molecule has 0 aliphatic carbocycles. The Bertz CT molecular complexity index is 1270. The molecule has 6 heteroatoms. The molecule has 2 aliphatic rings. The Balaban J connectivity index is 1.39. The third kappa shape index (κ3) is 2.63. The minimum atomic E-state index is 0.414. The van der Waals surface area contributed by atoms with Gasteiger partial charge in [-0.25, -0.2) is 14.5 Å². The van der Waals surface area contributed by atoms with Crippen LogP contribution in [-0.2, 0) is 20.0 Å². The van der Waals surface area contributed by atoms with E-state index in [9.17, 15) is 0 Å². The van der Waals surface area contributed by atoms with Gasteiger partial charge in [0.1, 0.15) is 5.82 Å². The van der Waals surface area contributed by atoms with Crippen molar-refractivity contribution in [3.8, 4) is 11.3 Å². The molecule has 0 radical (unpaired) electrons. The predicted molar refractivity (Wildman–Crippen MR) is 116 cm³/mol. The van der Waals surface area contributed by atoms with Crippen molar-refractivity contribution in [1.29, 1.82) is 0 Å². The fraction of sp³-hybridized carbons (Fsp3) is 0.375. The van der Waals surface area contributed by atoms with Crippen LogP contribution < -0.4 is 0 Å². The average molecular weight is 399 g/mol. The van der Waals surface area contributed by atoms with Crippen LogP contribution in [0.25, 0.3) is 16.9 Å². The van der Waals surface area contributed by atoms with Crippen molar-refractivity contribution in [2.24, 2.45) is 7.05 Å². The second-order valence-corrected chi connectivity index (χ2v) is 8.81. The first-order valence-electron chi connectivity index (χ1n) is 10.8. The van der Waals surface area contributed by atoms with E-state index in [4.69, 9.17) is 10.1 Å². The summed E-state index contributed by atoms with van der Waals surface area (Å²) in [6, 6.07) is 11.6. The van der Waals surface area contributed by atoms with E-state index in [0.717, 1.165) is 35.7 Å². The quantitative estimate of drug-likeness (QED) is 0.523. The first-order chi connectivity index (χ1) is 14.6. The van der Waals surface area contributed by atoms with Crippen LogP contribution in [0, 0.1) is 13.8 Å². The second-order valence-electron chi connectivity index (χ2n) is 8.81. The maximum Gasteiger partial charge on any atom is 0.155 e. The average Bonchev–Trinajstić information content (AvgIpc) is 3.39. The van der Waals surface area contributed by atoms with Crippen molar-refractivity contribution >= 4 is 5.65 Å². The van der Waals surface area contributed by atoms with Crippen LogP contribution >= 0.6 is 0 Å². The maximum atomic E-state index is 4.98. The molecular weight excluding hydrogens is 372 g/mol. The highest BCUT2D eigenvalue weighted by atomic mass is 15.3. The van der Waals surface area contributed by atoms with Crippen LogP contribution in [0.15, 0.2) is 42.7 Å². The molecule has 6 nitrogen and oxygen atoms in total. The van der Waals surface area contributed by atoms with Gasteiger partial charge in [0, 0.05) is 61.7 Å². The molecule has 152 valence electrons. The molecule has 0 saturated carbocycles. The predicted octanol–water partition coefficient (Wildman–Crippen LogP) is 4.01. The van der Waals surface area contributed by atoms with Crippen molar-refractivity contribution in [3.05, 3.63) is 71.1 Å². The van der Waals surface area contributed by atoms with E-state index in [1.54, 1.807) is 0 Å². The molecule has 1 saturated heterocycles. The SMILES string of the molecule is Cc1cccc(-c2cc3ncc4c(n3n2)C[C@H]2CC[C@H]4N2Cc2cnc(C)n2C)c1. The molecule has 0 spiro atoms. The summed E-state index contributed by atoms with van der Waals surface area (Å²) in [5.41, 5.74) is 8.31. The standard InChI is InChI=1S/C24H26N6/c1-15-5-4-6-17(9-15)21-11-24-26-13-20-22-8-7-18(10-23(20)30(24)27-21)29(22)14-19-12-25-16(2)28(19)3/h4-6,9,11-13,18,22H,7-8,10,14H2,1-3H3/t18-,22-/m1/s1. The Morgan fingerprint density at radius 2 is 1.97 bits per heavy atom. The van der Waals surface area contributed by atoms with Gasteiger partial charge in [-0.3, -0.25) is 4.90 Å². The lowest BCUT2D eigenvalue weighted by Gasteiger charge is -2.36. The maximum absolute atomic E-state index is 4.98. The monoisotopic (exact) mass is 398 g/mol. The van der Waals surface area contributed by atoms with Crippen LogP contribution in [0.4, 0.5) is 0 Å². The van der Waals surface area contributed by atoms with Gasteiger partial charge in [-0.05, 0) is 32.8 Å². The van der Waals surface area contributed by atoms with Gasteiger partial charge in [-0.1, -0.05) is 23.8 Å². The molecular formula is C24H26N6. The van der Waals surface area contributed by atoms with Crippen molar-refractivity contribution in [3.63, 3.8) is 0 Å². The summed E-state index contributed by atoms with van der Waals surface area (Å²) in [6.45, 7) is 5.13. The highest BCUT2D eigenvalue weighted by Gasteiger charge is 2.41. The van der Waals surface area contributed by atoms with Crippen LogP contribution in [-0.4, -0.2) is 35.1 Å². The summed E-state index contributed by atoms with van der Waals surface area (Å²) in [5.74, 6) is 1.07. The second kappa shape index (κ2) is 6.51. The number of nitrogens with zero attached hydrogens (tertiary/aromatic N) is 6. The summed E-state index contributed by atoms with van der Waals surface area (Å²) < 4.78 is 4.31. The fourth-order valence-corrected chi connectivity index (χ4v) is 5.26. The lowest BCUT2D eigenvalue weighted by atomic mass is 9.99. The molecule has 2 bridgehead atoms. The summed E-state index contributed by atoms with van der Waals surface area (Å²) in [6.07, 6.45) is 7.56. The normalized spacial score (nSPS) is 20.8. The number of rotatable bonds is 3. The van der Waals surface area contributed by atoms with E-state index in [1.807, 2.05) is 6.20 Å². The Morgan fingerprint density at radius 3 is 2.77 bits per heavy atom. The molecule has 1 fully saturated rings. The van der Waals surface area contributed by atoms with Crippen molar-refractivity contribution in [2.45, 2.75) is 51.7 Å². The summed E-state index contributed by atoms with van der Waals surface area (Å²) in [5, 5.41) is 4.98. The first kappa shape index (κ1) is 17.8. The number of imidazole rings is 1. The molecule has 3 aromatic heterocycles. The van der Waals surface area contributed by atoms with Crippen LogP contribution in [0.5, 0.6) is 0 Å². The minimum absolute atomic E-state index is 0.414. The highest BCUT2D eigenvalue weighted by Crippen LogP contribution is 2.44. The molecule has 30 heavy (non-hydrogen) atoms. The zero-order chi connectivity index (χ0) is 20.4. The van der Waals surface area contributed by atoms with E-state index in [2.05, 4.69) is 76.4 Å². The Labute approximate surface area is 176 Å². The summed E-state index contributed by atoms with van der Waals surface area (Å²) in [7, 11) is 2.11. The number of hydrogen-bond donors (Lipinski definition) is 0. The Hall–Kier alpha value is -2.99.